The van der Waals surface area contributed by atoms with Crippen molar-refractivity contribution < 1.29 is 15.0 Å². The molecule has 0 fully saturated rings. The minimum Gasteiger partial charge on any atom is -0.465 e. The number of rotatable bonds is 8. The number of nitrogens with one attached hydrogen (secondary N) is 1. The number of amides is 1. The minimum atomic E-state index is -1.02. The lowest BCUT2D eigenvalue weighted by Gasteiger charge is -2.42. The predicted octanol–water partition coefficient (Wildman–Crippen LogP) is 4.14. The minimum absolute atomic E-state index is 0.310. The molecule has 5 heteroatoms. The van der Waals surface area contributed by atoms with Gasteiger partial charge in [0, 0.05) is 18.6 Å². The number of nitrogens with zero attached hydrogens (tertiary/aromatic N) is 1. The Labute approximate surface area is 174 Å². The number of carbonyl (C=O) groups is 1. The van der Waals surface area contributed by atoms with E-state index in [1.54, 1.807) is 0 Å². The van der Waals surface area contributed by atoms with Crippen LogP contribution in [-0.4, -0.2) is 45.4 Å². The first kappa shape index (κ1) is 22.9. The molecular formula is C24H34N2O3. The summed E-state index contributed by atoms with van der Waals surface area (Å²) in [7, 11) is 0. The van der Waals surface area contributed by atoms with Gasteiger partial charge in [-0.15, -0.1) is 0 Å². The zero-order chi connectivity index (χ0) is 21.6. The summed E-state index contributed by atoms with van der Waals surface area (Å²) in [6.45, 7) is 10.7. The predicted molar refractivity (Wildman–Crippen MR) is 117 cm³/mol. The molecular weight excluding hydrogens is 364 g/mol. The molecule has 0 radical (unpaired) electrons. The molecule has 0 aliphatic rings. The van der Waals surface area contributed by atoms with Crippen LogP contribution in [0.25, 0.3) is 0 Å². The van der Waals surface area contributed by atoms with E-state index in [0.717, 1.165) is 5.56 Å². The molecule has 2 aromatic rings. The van der Waals surface area contributed by atoms with E-state index in [-0.39, 0.29) is 0 Å². The van der Waals surface area contributed by atoms with Gasteiger partial charge >= 0.3 is 6.09 Å². The maximum atomic E-state index is 12.1. The lowest BCUT2D eigenvalue weighted by Crippen LogP contribution is -2.58. The van der Waals surface area contributed by atoms with Gasteiger partial charge in [-0.1, -0.05) is 48.5 Å². The number of aliphatic hydroxyl groups is 1. The van der Waals surface area contributed by atoms with Crippen LogP contribution in [0.1, 0.15) is 43.0 Å². The summed E-state index contributed by atoms with van der Waals surface area (Å²) in [5, 5.41) is 24.2. The topological polar surface area (TPSA) is 72.8 Å². The number of carboxylic acid groups (broad SMARTS) is 1. The van der Waals surface area contributed by atoms with Crippen LogP contribution < -0.4 is 5.32 Å². The van der Waals surface area contributed by atoms with E-state index < -0.39 is 23.8 Å². The fraction of sp³-hybridized carbons (Fsp3) is 0.458. The number of hydrogen-bond acceptors (Lipinski definition) is 3. The average molecular weight is 399 g/mol. The lowest BCUT2D eigenvalue weighted by molar-refractivity contribution is 0.00770. The molecule has 3 N–H and O–H groups in total. The van der Waals surface area contributed by atoms with Crippen LogP contribution in [0.15, 0.2) is 48.5 Å². The molecule has 0 aromatic heterocycles. The van der Waals surface area contributed by atoms with Gasteiger partial charge in [0.05, 0.1) is 12.1 Å². The molecule has 1 amide bonds. The Morgan fingerprint density at radius 1 is 1.07 bits per heavy atom. The van der Waals surface area contributed by atoms with Crippen molar-refractivity contribution >= 4 is 6.09 Å². The highest BCUT2D eigenvalue weighted by Crippen LogP contribution is 2.23. The van der Waals surface area contributed by atoms with Crippen LogP contribution >= 0.6 is 0 Å². The molecule has 0 aliphatic heterocycles. The van der Waals surface area contributed by atoms with Gasteiger partial charge in [-0.3, -0.25) is 4.90 Å². The molecule has 29 heavy (non-hydrogen) atoms. The van der Waals surface area contributed by atoms with Gasteiger partial charge in [0.2, 0.25) is 0 Å². The van der Waals surface area contributed by atoms with Crippen LogP contribution in [0.2, 0.25) is 0 Å². The maximum absolute atomic E-state index is 12.1. The Morgan fingerprint density at radius 3 is 2.31 bits per heavy atom. The van der Waals surface area contributed by atoms with Gasteiger partial charge < -0.3 is 15.5 Å². The maximum Gasteiger partial charge on any atom is 0.408 e. The van der Waals surface area contributed by atoms with E-state index in [2.05, 4.69) is 31.3 Å². The van der Waals surface area contributed by atoms with Crippen molar-refractivity contribution in [2.45, 2.75) is 65.3 Å². The smallest absolute Gasteiger partial charge is 0.408 e. The zero-order valence-corrected chi connectivity index (χ0v) is 18.1. The average Bonchev–Trinajstić information content (AvgIpc) is 2.64. The van der Waals surface area contributed by atoms with Crippen LogP contribution in [0, 0.1) is 13.8 Å². The molecule has 0 aliphatic carbocycles. The monoisotopic (exact) mass is 398 g/mol. The normalized spacial score (nSPS) is 13.7. The fourth-order valence-corrected chi connectivity index (χ4v) is 3.68. The van der Waals surface area contributed by atoms with Gasteiger partial charge in [-0.2, -0.15) is 0 Å². The van der Waals surface area contributed by atoms with Gasteiger partial charge in [0.1, 0.15) is 0 Å². The largest absolute Gasteiger partial charge is 0.465 e. The first-order valence-electron chi connectivity index (χ1n) is 10.1. The van der Waals surface area contributed by atoms with E-state index in [1.165, 1.54) is 21.6 Å². The summed E-state index contributed by atoms with van der Waals surface area (Å²) >= 11 is 0. The van der Waals surface area contributed by atoms with Crippen molar-refractivity contribution in [1.82, 2.24) is 10.2 Å². The second kappa shape index (κ2) is 9.90. The quantitative estimate of drug-likeness (QED) is 0.625. The summed E-state index contributed by atoms with van der Waals surface area (Å²) in [6.07, 6.45) is -1.40. The third kappa shape index (κ3) is 6.31. The summed E-state index contributed by atoms with van der Waals surface area (Å²) in [4.78, 5) is 13.4. The molecule has 5 nitrogen and oxygen atoms in total. The first-order valence-corrected chi connectivity index (χ1v) is 10.1. The van der Waals surface area contributed by atoms with Crippen LogP contribution in [0.4, 0.5) is 4.79 Å². The third-order valence-corrected chi connectivity index (χ3v) is 5.38. The summed E-state index contributed by atoms with van der Waals surface area (Å²) < 4.78 is 0. The number of aliphatic hydroxyl groups excluding tert-OH is 1. The molecule has 158 valence electrons. The van der Waals surface area contributed by atoms with Crippen LogP contribution in [0.5, 0.6) is 0 Å². The van der Waals surface area contributed by atoms with E-state index in [0.29, 0.717) is 19.5 Å². The highest BCUT2D eigenvalue weighted by Gasteiger charge is 2.37. The van der Waals surface area contributed by atoms with E-state index in [4.69, 9.17) is 0 Å². The van der Waals surface area contributed by atoms with Crippen molar-refractivity contribution in [3.63, 3.8) is 0 Å². The highest BCUT2D eigenvalue weighted by atomic mass is 16.4. The molecule has 0 saturated heterocycles. The van der Waals surface area contributed by atoms with Gasteiger partial charge in [-0.25, -0.2) is 4.79 Å². The van der Waals surface area contributed by atoms with Gasteiger partial charge in [0.25, 0.3) is 0 Å². The molecule has 0 bridgehead atoms. The Hall–Kier alpha value is -2.37. The Bertz CT molecular complexity index is 800. The second-order valence-corrected chi connectivity index (χ2v) is 8.64. The van der Waals surface area contributed by atoms with Gasteiger partial charge in [-0.05, 0) is 63.3 Å². The SMILES string of the molecule is Cc1cccc(CNC[C@@H](O)[C@H](Cc2ccccc2)N(C(=O)O)C(C)(C)C)c1C. The van der Waals surface area contributed by atoms with Crippen LogP contribution in [0.3, 0.4) is 0 Å². The fourth-order valence-electron chi connectivity index (χ4n) is 3.68. The van der Waals surface area contributed by atoms with Crippen molar-refractivity contribution in [2.75, 3.05) is 6.54 Å². The summed E-state index contributed by atoms with van der Waals surface area (Å²) in [6, 6.07) is 15.3. The van der Waals surface area contributed by atoms with Crippen molar-refractivity contribution in [3.8, 4) is 0 Å². The van der Waals surface area contributed by atoms with E-state index in [1.807, 2.05) is 57.2 Å². The number of aryl methyl sites for hydroxylation is 1. The Morgan fingerprint density at radius 2 is 1.72 bits per heavy atom. The van der Waals surface area contributed by atoms with Crippen molar-refractivity contribution in [1.29, 1.82) is 0 Å². The number of hydrogen-bond donors (Lipinski definition) is 3. The summed E-state index contributed by atoms with van der Waals surface area (Å²) in [5.41, 5.74) is 4.03. The Kier molecular flexibility index (Phi) is 7.82. The molecule has 0 saturated carbocycles. The van der Waals surface area contributed by atoms with Crippen molar-refractivity contribution in [3.05, 3.63) is 70.8 Å². The second-order valence-electron chi connectivity index (χ2n) is 8.64. The molecule has 0 spiro atoms. The van der Waals surface area contributed by atoms with Gasteiger partial charge in [0.15, 0.2) is 0 Å². The van der Waals surface area contributed by atoms with E-state index >= 15 is 0 Å². The first-order chi connectivity index (χ1) is 13.6. The molecule has 0 heterocycles. The van der Waals surface area contributed by atoms with Crippen LogP contribution in [-0.2, 0) is 13.0 Å². The highest BCUT2D eigenvalue weighted by molar-refractivity contribution is 5.66. The lowest BCUT2D eigenvalue weighted by atomic mass is 9.94. The number of benzene rings is 2. The molecule has 2 aromatic carbocycles. The Balaban J connectivity index is 2.16. The third-order valence-electron chi connectivity index (χ3n) is 5.38. The molecule has 2 atom stereocenters. The zero-order valence-electron chi connectivity index (χ0n) is 18.1. The standard InChI is InChI=1S/C24H34N2O3/c1-17-10-9-13-20(18(17)2)15-25-16-22(27)21(14-19-11-7-6-8-12-19)26(23(28)29)24(3,4)5/h6-13,21-22,25,27H,14-16H2,1-5H3,(H,28,29)/t21-,22+/m0/s1. The van der Waals surface area contributed by atoms with Crippen molar-refractivity contribution in [2.24, 2.45) is 0 Å². The van der Waals surface area contributed by atoms with E-state index in [9.17, 15) is 15.0 Å². The molecule has 2 rings (SSSR count). The summed E-state index contributed by atoms with van der Waals surface area (Å²) in [5.74, 6) is 0. The molecule has 0 unspecified atom stereocenters.